The lowest BCUT2D eigenvalue weighted by Gasteiger charge is -2.30. The molecule has 2 aliphatic rings. The van der Waals surface area contributed by atoms with E-state index in [1.54, 1.807) is 36.4 Å². The van der Waals surface area contributed by atoms with E-state index in [2.05, 4.69) is 5.32 Å². The number of carbonyl (C=O) groups is 3. The summed E-state index contributed by atoms with van der Waals surface area (Å²) >= 11 is 2.19. The lowest BCUT2D eigenvalue weighted by Crippen LogP contribution is -2.33. The Bertz CT molecular complexity index is 1600. The molecule has 190 valence electrons. The van der Waals surface area contributed by atoms with E-state index in [1.807, 2.05) is 36.4 Å². The van der Waals surface area contributed by atoms with E-state index in [9.17, 15) is 24.3 Å². The van der Waals surface area contributed by atoms with E-state index in [4.69, 9.17) is 0 Å². The molecule has 3 atom stereocenters. The Morgan fingerprint density at radius 1 is 0.868 bits per heavy atom. The van der Waals surface area contributed by atoms with Crippen LogP contribution in [0.4, 0.5) is 11.4 Å². The molecule has 3 aromatic carbocycles. The fraction of sp³-hybridized carbons (Fsp3) is 0.143. The van der Waals surface area contributed by atoms with E-state index in [1.165, 1.54) is 33.4 Å². The van der Waals surface area contributed by atoms with Crippen molar-refractivity contribution in [3.05, 3.63) is 105 Å². The third-order valence-corrected chi connectivity index (χ3v) is 9.28. The number of para-hydroxylation sites is 1. The third-order valence-electron chi connectivity index (χ3n) is 6.68. The largest absolute Gasteiger partial charge is 0.508 e. The molecule has 10 heteroatoms. The molecule has 0 saturated carbocycles. The summed E-state index contributed by atoms with van der Waals surface area (Å²) in [6.45, 7) is -0.248. The van der Waals surface area contributed by atoms with Crippen LogP contribution in [0.1, 0.15) is 16.4 Å². The van der Waals surface area contributed by atoms with Crippen molar-refractivity contribution in [2.75, 3.05) is 10.2 Å². The number of thioether (sulfide) groups is 1. The molecule has 0 aliphatic carbocycles. The van der Waals surface area contributed by atoms with Gasteiger partial charge in [-0.3, -0.25) is 23.7 Å². The van der Waals surface area contributed by atoms with Gasteiger partial charge >= 0.3 is 4.87 Å². The number of imide groups is 1. The first kappa shape index (κ1) is 24.2. The minimum Gasteiger partial charge on any atom is -0.508 e. The van der Waals surface area contributed by atoms with Crippen molar-refractivity contribution in [2.45, 2.75) is 22.7 Å². The lowest BCUT2D eigenvalue weighted by molar-refractivity contribution is -0.122. The molecular weight excluding hydrogens is 522 g/mol. The summed E-state index contributed by atoms with van der Waals surface area (Å²) in [6.07, 6.45) is 0. The number of anilines is 2. The first-order valence-electron chi connectivity index (χ1n) is 11.9. The van der Waals surface area contributed by atoms with Crippen LogP contribution in [-0.2, 0) is 20.9 Å². The number of thiazole rings is 1. The van der Waals surface area contributed by atoms with Crippen LogP contribution in [0.2, 0.25) is 0 Å². The Morgan fingerprint density at radius 3 is 2.21 bits per heavy atom. The van der Waals surface area contributed by atoms with E-state index >= 15 is 0 Å². The summed E-state index contributed by atoms with van der Waals surface area (Å²) in [5.41, 5.74) is 1.83. The average molecular weight is 544 g/mol. The summed E-state index contributed by atoms with van der Waals surface area (Å²) in [6, 6.07) is 24.3. The van der Waals surface area contributed by atoms with Gasteiger partial charge in [0.15, 0.2) is 0 Å². The molecule has 0 spiro atoms. The van der Waals surface area contributed by atoms with Crippen LogP contribution in [0.3, 0.4) is 0 Å². The molecule has 1 fully saturated rings. The molecular formula is C28H21N3O5S2. The molecule has 8 nitrogen and oxygen atoms in total. The molecule has 3 heterocycles. The normalized spacial score (nSPS) is 20.2. The van der Waals surface area contributed by atoms with Gasteiger partial charge in [0.25, 0.3) is 0 Å². The number of aromatic hydroxyl groups is 1. The van der Waals surface area contributed by atoms with E-state index in [0.29, 0.717) is 21.3 Å². The number of hydrogen-bond donors (Lipinski definition) is 2. The van der Waals surface area contributed by atoms with Crippen LogP contribution < -0.4 is 15.1 Å². The number of aromatic nitrogens is 1. The van der Waals surface area contributed by atoms with Gasteiger partial charge in [0, 0.05) is 16.5 Å². The molecule has 0 radical (unpaired) electrons. The second-order valence-electron chi connectivity index (χ2n) is 9.02. The van der Waals surface area contributed by atoms with Crippen LogP contribution in [0.15, 0.2) is 94.7 Å². The van der Waals surface area contributed by atoms with Crippen molar-refractivity contribution in [3.63, 3.8) is 0 Å². The monoisotopic (exact) mass is 543 g/mol. The SMILES string of the molecule is O=C(Cn1c2c(sc1=O)C(c1ccccc1)C1C(=O)N(c3ccccc3)C(=O)C1S2)Nc1ccc(O)cc1. The number of nitrogens with zero attached hydrogens (tertiary/aromatic N) is 2. The summed E-state index contributed by atoms with van der Waals surface area (Å²) in [4.78, 5) is 55.0. The van der Waals surface area contributed by atoms with Crippen LogP contribution in [0, 0.1) is 5.92 Å². The number of nitrogens with one attached hydrogen (secondary N) is 1. The zero-order valence-corrected chi connectivity index (χ0v) is 21.4. The summed E-state index contributed by atoms with van der Waals surface area (Å²) in [5.74, 6) is -2.15. The fourth-order valence-electron chi connectivity index (χ4n) is 5.00. The highest BCUT2D eigenvalue weighted by Gasteiger charge is 2.56. The van der Waals surface area contributed by atoms with Gasteiger partial charge in [0.05, 0.1) is 16.6 Å². The zero-order valence-electron chi connectivity index (χ0n) is 19.8. The molecule has 6 rings (SSSR count). The van der Waals surface area contributed by atoms with Crippen LogP contribution in [0.5, 0.6) is 5.75 Å². The Kier molecular flexibility index (Phi) is 6.13. The van der Waals surface area contributed by atoms with Gasteiger partial charge in [0.2, 0.25) is 17.7 Å². The quantitative estimate of drug-likeness (QED) is 0.290. The summed E-state index contributed by atoms with van der Waals surface area (Å²) in [7, 11) is 0. The molecule has 3 unspecified atom stereocenters. The summed E-state index contributed by atoms with van der Waals surface area (Å²) in [5, 5.41) is 12.0. The van der Waals surface area contributed by atoms with E-state index in [0.717, 1.165) is 16.9 Å². The highest BCUT2D eigenvalue weighted by atomic mass is 32.2. The molecule has 2 N–H and O–H groups in total. The number of fused-ring (bicyclic) bond motifs is 2. The number of amides is 3. The third kappa shape index (κ3) is 4.11. The van der Waals surface area contributed by atoms with Gasteiger partial charge in [-0.2, -0.15) is 0 Å². The predicted molar refractivity (Wildman–Crippen MR) is 146 cm³/mol. The van der Waals surface area contributed by atoms with Crippen molar-refractivity contribution in [2.24, 2.45) is 5.92 Å². The van der Waals surface area contributed by atoms with Crippen molar-refractivity contribution in [3.8, 4) is 5.75 Å². The predicted octanol–water partition coefficient (Wildman–Crippen LogP) is 4.05. The van der Waals surface area contributed by atoms with E-state index in [-0.39, 0.29) is 29.0 Å². The van der Waals surface area contributed by atoms with Crippen LogP contribution >= 0.6 is 23.1 Å². The Hall–Kier alpha value is -4.15. The maximum absolute atomic E-state index is 13.8. The van der Waals surface area contributed by atoms with Crippen molar-refractivity contribution >= 4 is 52.2 Å². The van der Waals surface area contributed by atoms with Gasteiger partial charge in [-0.05, 0) is 42.0 Å². The first-order chi connectivity index (χ1) is 18.4. The number of phenols is 1. The molecule has 4 aromatic rings. The maximum atomic E-state index is 13.8. The van der Waals surface area contributed by atoms with Gasteiger partial charge < -0.3 is 10.4 Å². The standard InChI is InChI=1S/C28H21N3O5S2/c32-19-13-11-17(12-14-19)29-20(33)15-30-27-24(38-28(30)36)21(16-7-3-1-4-8-16)22-23(37-27)26(35)31(25(22)34)18-9-5-2-6-10-18/h1-14,21-23,32H,15H2,(H,29,33). The van der Waals surface area contributed by atoms with Crippen LogP contribution in [-0.4, -0.2) is 32.6 Å². The first-order valence-corrected chi connectivity index (χ1v) is 13.6. The van der Waals surface area contributed by atoms with Crippen molar-refractivity contribution < 1.29 is 19.5 Å². The average Bonchev–Trinajstić information content (AvgIpc) is 3.37. The minimum absolute atomic E-state index is 0.0735. The Morgan fingerprint density at radius 2 is 1.53 bits per heavy atom. The number of benzene rings is 3. The highest BCUT2D eigenvalue weighted by molar-refractivity contribution is 8.00. The molecule has 38 heavy (non-hydrogen) atoms. The number of phenolic OH excluding ortho intramolecular Hbond substituents is 1. The summed E-state index contributed by atoms with van der Waals surface area (Å²) < 4.78 is 1.38. The zero-order chi connectivity index (χ0) is 26.4. The molecule has 2 aliphatic heterocycles. The smallest absolute Gasteiger partial charge is 0.308 e. The molecule has 1 saturated heterocycles. The van der Waals surface area contributed by atoms with Gasteiger partial charge in [-0.15, -0.1) is 0 Å². The highest BCUT2D eigenvalue weighted by Crippen LogP contribution is 2.53. The van der Waals surface area contributed by atoms with Gasteiger partial charge in [0.1, 0.15) is 17.5 Å². The van der Waals surface area contributed by atoms with Gasteiger partial charge in [-0.25, -0.2) is 4.90 Å². The minimum atomic E-state index is -0.735. The second kappa shape index (κ2) is 9.62. The second-order valence-corrected chi connectivity index (χ2v) is 11.1. The molecule has 0 bridgehead atoms. The lowest BCUT2D eigenvalue weighted by atomic mass is 9.83. The number of rotatable bonds is 5. The fourth-order valence-corrected chi connectivity index (χ4v) is 7.77. The molecule has 3 amide bonds. The van der Waals surface area contributed by atoms with Gasteiger partial charge in [-0.1, -0.05) is 71.6 Å². The van der Waals surface area contributed by atoms with Crippen molar-refractivity contribution in [1.29, 1.82) is 0 Å². The van der Waals surface area contributed by atoms with Crippen molar-refractivity contribution in [1.82, 2.24) is 4.57 Å². The Labute approximate surface area is 225 Å². The topological polar surface area (TPSA) is 109 Å². The number of carbonyl (C=O) groups excluding carboxylic acids is 3. The molecule has 1 aromatic heterocycles. The van der Waals surface area contributed by atoms with Crippen LogP contribution in [0.25, 0.3) is 0 Å². The maximum Gasteiger partial charge on any atom is 0.308 e. The Balaban J connectivity index is 1.40. The van der Waals surface area contributed by atoms with E-state index < -0.39 is 23.0 Å². The number of hydrogen-bond acceptors (Lipinski definition) is 7.